The third kappa shape index (κ3) is 5.62. The van der Waals surface area contributed by atoms with Crippen LogP contribution >= 0.6 is 0 Å². The first-order valence-electron chi connectivity index (χ1n) is 18.4. The van der Waals surface area contributed by atoms with Crippen molar-refractivity contribution in [3.8, 4) is 11.1 Å². The van der Waals surface area contributed by atoms with E-state index in [4.69, 9.17) is 0 Å². The van der Waals surface area contributed by atoms with E-state index in [1.165, 1.54) is 77.6 Å². The second-order valence-electron chi connectivity index (χ2n) is 13.7. The molecule has 0 bridgehead atoms. The van der Waals surface area contributed by atoms with Crippen molar-refractivity contribution in [2.24, 2.45) is 0 Å². The second-order valence-corrected chi connectivity index (χ2v) is 13.7. The number of benzene rings is 7. The largest absolute Gasteiger partial charge is 0.387 e. The van der Waals surface area contributed by atoms with Gasteiger partial charge in [0.25, 0.3) is 0 Å². The van der Waals surface area contributed by atoms with Crippen molar-refractivity contribution in [1.82, 2.24) is 5.43 Å². The molecule has 4 nitrogen and oxygen atoms in total. The van der Waals surface area contributed by atoms with Gasteiger partial charge in [-0.1, -0.05) is 134 Å². The Bertz CT molecular complexity index is 2510. The molecule has 254 valence electrons. The molecule has 2 N–H and O–H groups in total. The van der Waals surface area contributed by atoms with Gasteiger partial charge in [-0.25, -0.2) is 5.43 Å². The molecule has 0 saturated carbocycles. The molecule has 7 aromatic carbocycles. The molecule has 52 heavy (non-hydrogen) atoms. The third-order valence-corrected chi connectivity index (χ3v) is 10.7. The third-order valence-electron chi connectivity index (χ3n) is 10.7. The van der Waals surface area contributed by atoms with Gasteiger partial charge >= 0.3 is 0 Å². The second kappa shape index (κ2) is 13.6. The topological polar surface area (TPSA) is 30.5 Å². The lowest BCUT2D eigenvalue weighted by Gasteiger charge is -2.32. The Morgan fingerprint density at radius 1 is 0.673 bits per heavy atom. The number of rotatable bonds is 7. The Morgan fingerprint density at radius 2 is 1.37 bits per heavy atom. The number of para-hydroxylation sites is 2. The van der Waals surface area contributed by atoms with Gasteiger partial charge in [0.2, 0.25) is 0 Å². The van der Waals surface area contributed by atoms with Gasteiger partial charge < -0.3 is 15.2 Å². The van der Waals surface area contributed by atoms with Crippen LogP contribution < -0.4 is 20.7 Å². The van der Waals surface area contributed by atoms with Crippen molar-refractivity contribution >= 4 is 44.3 Å². The molecule has 1 unspecified atom stereocenters. The average Bonchev–Trinajstić information content (AvgIpc) is 3.55. The summed E-state index contributed by atoms with van der Waals surface area (Å²) in [5, 5.41) is 11.0. The van der Waals surface area contributed by atoms with Crippen LogP contribution in [-0.2, 0) is 19.4 Å². The van der Waals surface area contributed by atoms with Crippen LogP contribution in [0.3, 0.4) is 0 Å². The highest BCUT2D eigenvalue weighted by Crippen LogP contribution is 2.47. The van der Waals surface area contributed by atoms with Gasteiger partial charge in [-0.05, 0) is 92.5 Å². The van der Waals surface area contributed by atoms with Crippen molar-refractivity contribution in [1.29, 1.82) is 0 Å². The van der Waals surface area contributed by atoms with Gasteiger partial charge in [-0.15, -0.1) is 0 Å². The average molecular weight is 675 g/mol. The van der Waals surface area contributed by atoms with E-state index in [2.05, 4.69) is 199 Å². The Hall–Kier alpha value is -6.10. The number of hydrazine groups is 1. The SMILES string of the molecule is CCc1cc2c(c(-c3ccc4ccccc4c3)c1NC)N(c1ccccc1CN1NC(c3ccc4ccccc4c3)c3ccccc31)/C=C\C=C/C2. The molecule has 2 aliphatic heterocycles. The fourth-order valence-electron chi connectivity index (χ4n) is 8.19. The first-order chi connectivity index (χ1) is 25.7. The Morgan fingerprint density at radius 3 is 2.15 bits per heavy atom. The molecule has 0 aliphatic carbocycles. The number of allylic oxidation sites excluding steroid dienone is 3. The Labute approximate surface area is 306 Å². The summed E-state index contributed by atoms with van der Waals surface area (Å²) in [5.74, 6) is 0. The minimum Gasteiger partial charge on any atom is -0.387 e. The molecule has 2 heterocycles. The first-order valence-corrected chi connectivity index (χ1v) is 18.4. The van der Waals surface area contributed by atoms with E-state index in [0.29, 0.717) is 6.54 Å². The predicted molar refractivity (Wildman–Crippen MR) is 220 cm³/mol. The summed E-state index contributed by atoms with van der Waals surface area (Å²) in [4.78, 5) is 2.43. The quantitative estimate of drug-likeness (QED) is 0.176. The van der Waals surface area contributed by atoms with Crippen molar-refractivity contribution in [2.45, 2.75) is 32.4 Å². The zero-order chi connectivity index (χ0) is 35.0. The maximum atomic E-state index is 3.92. The van der Waals surface area contributed by atoms with E-state index in [1.54, 1.807) is 0 Å². The molecular formula is C48H42N4. The number of hydrogen-bond donors (Lipinski definition) is 2. The summed E-state index contributed by atoms with van der Waals surface area (Å²) >= 11 is 0. The van der Waals surface area contributed by atoms with E-state index >= 15 is 0 Å². The van der Waals surface area contributed by atoms with E-state index in [1.807, 2.05) is 0 Å². The van der Waals surface area contributed by atoms with Gasteiger partial charge in [0, 0.05) is 30.1 Å². The number of fused-ring (bicyclic) bond motifs is 4. The van der Waals surface area contributed by atoms with E-state index in [0.717, 1.165) is 18.5 Å². The lowest BCUT2D eigenvalue weighted by molar-refractivity contribution is 0.604. The molecule has 7 aromatic rings. The molecule has 1 atom stereocenters. The number of nitrogens with zero attached hydrogens (tertiary/aromatic N) is 2. The summed E-state index contributed by atoms with van der Waals surface area (Å²) in [6, 6.07) is 51.1. The highest BCUT2D eigenvalue weighted by atomic mass is 15.5. The predicted octanol–water partition coefficient (Wildman–Crippen LogP) is 11.6. The highest BCUT2D eigenvalue weighted by Gasteiger charge is 2.31. The molecule has 0 amide bonds. The molecule has 0 saturated heterocycles. The molecule has 0 spiro atoms. The van der Waals surface area contributed by atoms with E-state index in [-0.39, 0.29) is 6.04 Å². The fourth-order valence-corrected chi connectivity index (χ4v) is 8.19. The smallest absolute Gasteiger partial charge is 0.0783 e. The van der Waals surface area contributed by atoms with Gasteiger partial charge in [0.05, 0.1) is 29.6 Å². The van der Waals surface area contributed by atoms with Crippen molar-refractivity contribution < 1.29 is 0 Å². The molecule has 2 aliphatic rings. The maximum Gasteiger partial charge on any atom is 0.0783 e. The van der Waals surface area contributed by atoms with Crippen molar-refractivity contribution in [3.63, 3.8) is 0 Å². The van der Waals surface area contributed by atoms with Gasteiger partial charge in [-0.2, -0.15) is 0 Å². The normalized spacial score (nSPS) is 16.3. The molecule has 9 rings (SSSR count). The zero-order valence-electron chi connectivity index (χ0n) is 29.7. The van der Waals surface area contributed by atoms with Crippen LogP contribution in [0.25, 0.3) is 32.7 Å². The fraction of sp³-hybridized carbons (Fsp3) is 0.125. The minimum absolute atomic E-state index is 0.0607. The molecule has 0 fully saturated rings. The van der Waals surface area contributed by atoms with Crippen LogP contribution in [0.4, 0.5) is 22.7 Å². The van der Waals surface area contributed by atoms with Crippen LogP contribution in [0.15, 0.2) is 164 Å². The monoisotopic (exact) mass is 674 g/mol. The first kappa shape index (κ1) is 31.9. The van der Waals surface area contributed by atoms with Gasteiger partial charge in [-0.3, -0.25) is 0 Å². The van der Waals surface area contributed by atoms with Gasteiger partial charge in [0.15, 0.2) is 0 Å². The molecule has 0 aromatic heterocycles. The van der Waals surface area contributed by atoms with E-state index in [9.17, 15) is 0 Å². The highest BCUT2D eigenvalue weighted by molar-refractivity contribution is 5.99. The summed E-state index contributed by atoms with van der Waals surface area (Å²) in [6.07, 6.45) is 10.7. The number of anilines is 4. The van der Waals surface area contributed by atoms with Crippen molar-refractivity contribution in [2.75, 3.05) is 22.3 Å². The summed E-state index contributed by atoms with van der Waals surface area (Å²) in [7, 11) is 2.06. The number of nitrogens with one attached hydrogen (secondary N) is 2. The lowest BCUT2D eigenvalue weighted by Crippen LogP contribution is -2.34. The molecule has 4 heteroatoms. The van der Waals surface area contributed by atoms with Crippen LogP contribution in [0.2, 0.25) is 0 Å². The van der Waals surface area contributed by atoms with Crippen LogP contribution in [0, 0.1) is 0 Å². The standard InChI is InChI=1S/C48H42N4/c1-3-33-29-40-19-5-4-14-28-51(48(40)45(47(33)49-2)38-26-24-34-15-6-8-17-36(34)30-38)43-22-12-10-20-41(43)32-52-44-23-13-11-21-42(44)46(50-52)39-27-25-35-16-7-9-18-37(35)31-39/h4-18,20-31,46,49-50H,3,19,32H2,1-2H3/b5-4-,28-14-. The summed E-state index contributed by atoms with van der Waals surface area (Å²) < 4.78 is 0. The summed E-state index contributed by atoms with van der Waals surface area (Å²) in [6.45, 7) is 2.95. The van der Waals surface area contributed by atoms with Gasteiger partial charge in [0.1, 0.15) is 0 Å². The lowest BCUT2D eigenvalue weighted by atomic mass is 9.89. The van der Waals surface area contributed by atoms with Crippen molar-refractivity contribution in [3.05, 3.63) is 192 Å². The van der Waals surface area contributed by atoms with Crippen LogP contribution in [0.1, 0.15) is 40.8 Å². The zero-order valence-corrected chi connectivity index (χ0v) is 29.7. The number of hydrogen-bond acceptors (Lipinski definition) is 4. The van der Waals surface area contributed by atoms with E-state index < -0.39 is 0 Å². The van der Waals surface area contributed by atoms with Crippen LogP contribution in [0.5, 0.6) is 0 Å². The Kier molecular flexibility index (Phi) is 8.30. The summed E-state index contributed by atoms with van der Waals surface area (Å²) in [5.41, 5.74) is 17.6. The Balaban J connectivity index is 1.17. The molecular weight excluding hydrogens is 633 g/mol. The van der Waals surface area contributed by atoms with Crippen LogP contribution in [-0.4, -0.2) is 7.05 Å². The maximum absolute atomic E-state index is 3.92. The number of aryl methyl sites for hydroxylation is 1. The molecule has 0 radical (unpaired) electrons. The minimum atomic E-state index is 0.0607.